The smallest absolute Gasteiger partial charge is 0.232 e. The van der Waals surface area contributed by atoms with E-state index in [-0.39, 0.29) is 24.0 Å². The van der Waals surface area contributed by atoms with Crippen molar-refractivity contribution in [1.29, 1.82) is 0 Å². The first-order valence-electron chi connectivity index (χ1n) is 5.95. The van der Waals surface area contributed by atoms with Crippen LogP contribution in [0.15, 0.2) is 0 Å². The van der Waals surface area contributed by atoms with Gasteiger partial charge < -0.3 is 10.4 Å². The molecule has 0 saturated heterocycles. The Kier molecular flexibility index (Phi) is 6.64. The molecule has 0 spiro atoms. The van der Waals surface area contributed by atoms with Gasteiger partial charge in [0.1, 0.15) is 5.75 Å². The highest BCUT2D eigenvalue weighted by Crippen LogP contribution is 2.22. The van der Waals surface area contributed by atoms with E-state index in [9.17, 15) is 9.00 Å². The van der Waals surface area contributed by atoms with Gasteiger partial charge in [0.2, 0.25) is 5.91 Å². The zero-order valence-corrected chi connectivity index (χ0v) is 10.4. The molecular formula is C11H21NO3S. The molecule has 0 unspecified atom stereocenters. The molecule has 94 valence electrons. The highest BCUT2D eigenvalue weighted by atomic mass is 32.2. The molecule has 16 heavy (non-hydrogen) atoms. The Labute approximate surface area is 99.3 Å². The van der Waals surface area contributed by atoms with Crippen molar-refractivity contribution in [3.8, 4) is 0 Å². The monoisotopic (exact) mass is 247 g/mol. The van der Waals surface area contributed by atoms with E-state index in [1.807, 2.05) is 0 Å². The maximum atomic E-state index is 11.4. The van der Waals surface area contributed by atoms with Crippen LogP contribution in [-0.2, 0) is 15.6 Å². The molecule has 1 amide bonds. The average molecular weight is 247 g/mol. The Morgan fingerprint density at radius 1 is 1.31 bits per heavy atom. The van der Waals surface area contributed by atoms with Crippen molar-refractivity contribution in [1.82, 2.24) is 5.32 Å². The highest BCUT2D eigenvalue weighted by Gasteiger charge is 2.14. The lowest BCUT2D eigenvalue weighted by molar-refractivity contribution is -0.118. The molecular weight excluding hydrogens is 226 g/mol. The number of aliphatic hydroxyl groups is 1. The van der Waals surface area contributed by atoms with Crippen molar-refractivity contribution in [2.75, 3.05) is 24.7 Å². The van der Waals surface area contributed by atoms with Gasteiger partial charge in [-0.15, -0.1) is 0 Å². The molecule has 0 aliphatic heterocycles. The van der Waals surface area contributed by atoms with E-state index in [4.69, 9.17) is 5.11 Å². The summed E-state index contributed by atoms with van der Waals surface area (Å²) in [6.07, 6.45) is 6.22. The Morgan fingerprint density at radius 2 is 2.00 bits per heavy atom. The number of hydrogen-bond acceptors (Lipinski definition) is 3. The second kappa shape index (κ2) is 7.79. The zero-order chi connectivity index (χ0) is 11.8. The number of nitrogens with one attached hydrogen (secondary N) is 1. The normalized spacial score (nSPS) is 19.3. The van der Waals surface area contributed by atoms with Gasteiger partial charge in [0.25, 0.3) is 0 Å². The van der Waals surface area contributed by atoms with Crippen LogP contribution >= 0.6 is 0 Å². The fraction of sp³-hybridized carbons (Fsp3) is 0.909. The van der Waals surface area contributed by atoms with Crippen molar-refractivity contribution in [2.45, 2.75) is 32.1 Å². The summed E-state index contributed by atoms with van der Waals surface area (Å²) in [5.41, 5.74) is 0. The second-order valence-corrected chi connectivity index (χ2v) is 5.90. The summed E-state index contributed by atoms with van der Waals surface area (Å²) in [6.45, 7) is 0.595. The average Bonchev–Trinajstić information content (AvgIpc) is 2.28. The van der Waals surface area contributed by atoms with Gasteiger partial charge in [0.15, 0.2) is 0 Å². The van der Waals surface area contributed by atoms with Gasteiger partial charge in [-0.3, -0.25) is 9.00 Å². The fourth-order valence-electron chi connectivity index (χ4n) is 2.02. The number of aliphatic hydroxyl groups excluding tert-OH is 1. The molecule has 0 radical (unpaired) electrons. The number of carbonyl (C=O) groups is 1. The van der Waals surface area contributed by atoms with Crippen LogP contribution in [0.2, 0.25) is 0 Å². The maximum absolute atomic E-state index is 11.4. The van der Waals surface area contributed by atoms with Crippen LogP contribution < -0.4 is 5.32 Å². The third kappa shape index (κ3) is 5.61. The van der Waals surface area contributed by atoms with E-state index in [0.717, 1.165) is 6.54 Å². The Hall–Kier alpha value is -0.420. The largest absolute Gasteiger partial charge is 0.395 e. The third-order valence-corrected chi connectivity index (χ3v) is 4.15. The quantitative estimate of drug-likeness (QED) is 0.715. The summed E-state index contributed by atoms with van der Waals surface area (Å²) in [6, 6.07) is 0. The lowest BCUT2D eigenvalue weighted by Gasteiger charge is -2.21. The molecule has 1 rings (SSSR count). The zero-order valence-electron chi connectivity index (χ0n) is 9.61. The summed E-state index contributed by atoms with van der Waals surface area (Å²) < 4.78 is 11.2. The first-order valence-corrected chi connectivity index (χ1v) is 7.43. The molecule has 2 N–H and O–H groups in total. The Bertz CT molecular complexity index is 239. The predicted octanol–water partition coefficient (Wildman–Crippen LogP) is 0.424. The van der Waals surface area contributed by atoms with Gasteiger partial charge in [0, 0.05) is 23.1 Å². The summed E-state index contributed by atoms with van der Waals surface area (Å²) in [5.74, 6) is 0.658. The minimum Gasteiger partial charge on any atom is -0.395 e. The van der Waals surface area contributed by atoms with E-state index >= 15 is 0 Å². The van der Waals surface area contributed by atoms with Crippen molar-refractivity contribution in [3.63, 3.8) is 0 Å². The Morgan fingerprint density at radius 3 is 2.62 bits per heavy atom. The van der Waals surface area contributed by atoms with Crippen LogP contribution in [-0.4, -0.2) is 39.9 Å². The van der Waals surface area contributed by atoms with Crippen molar-refractivity contribution < 1.29 is 14.1 Å². The summed E-state index contributed by atoms with van der Waals surface area (Å²) in [7, 11) is -1.22. The first-order chi connectivity index (χ1) is 7.72. The molecule has 0 aromatic rings. The molecule has 1 aliphatic carbocycles. The van der Waals surface area contributed by atoms with Crippen LogP contribution in [0.4, 0.5) is 0 Å². The van der Waals surface area contributed by atoms with E-state index in [2.05, 4.69) is 5.32 Å². The lowest BCUT2D eigenvalue weighted by atomic mass is 9.89. The fourth-order valence-corrected chi connectivity index (χ4v) is 2.76. The van der Waals surface area contributed by atoms with Gasteiger partial charge in [-0.2, -0.15) is 0 Å². The van der Waals surface area contributed by atoms with E-state index in [0.29, 0.717) is 5.92 Å². The van der Waals surface area contributed by atoms with Gasteiger partial charge >= 0.3 is 0 Å². The van der Waals surface area contributed by atoms with Crippen LogP contribution in [0, 0.1) is 5.92 Å². The van der Waals surface area contributed by atoms with Crippen molar-refractivity contribution in [2.24, 2.45) is 5.92 Å². The topological polar surface area (TPSA) is 66.4 Å². The maximum Gasteiger partial charge on any atom is 0.232 e. The van der Waals surface area contributed by atoms with E-state index in [1.165, 1.54) is 32.1 Å². The van der Waals surface area contributed by atoms with E-state index in [1.54, 1.807) is 0 Å². The number of rotatable bonds is 6. The summed E-state index contributed by atoms with van der Waals surface area (Å²) in [5, 5.41) is 11.4. The van der Waals surface area contributed by atoms with Gasteiger partial charge in [-0.1, -0.05) is 19.3 Å². The van der Waals surface area contributed by atoms with E-state index < -0.39 is 10.8 Å². The second-order valence-electron chi connectivity index (χ2n) is 4.32. The molecule has 0 aromatic carbocycles. The van der Waals surface area contributed by atoms with Crippen LogP contribution in [0.5, 0.6) is 0 Å². The molecule has 1 atom stereocenters. The SMILES string of the molecule is O=C(C[S@@](=O)CCO)NCC1CCCCC1. The first kappa shape index (κ1) is 13.6. The molecule has 0 aromatic heterocycles. The van der Waals surface area contributed by atoms with Crippen LogP contribution in [0.1, 0.15) is 32.1 Å². The van der Waals surface area contributed by atoms with Crippen LogP contribution in [0.3, 0.4) is 0 Å². The summed E-state index contributed by atoms with van der Waals surface area (Å²) in [4.78, 5) is 11.4. The van der Waals surface area contributed by atoms with Gasteiger partial charge in [-0.05, 0) is 18.8 Å². The standard InChI is InChI=1S/C11H21NO3S/c13-6-7-16(15)9-11(14)12-8-10-4-2-1-3-5-10/h10,13H,1-9H2,(H,12,14)/t16-/m0/s1. The highest BCUT2D eigenvalue weighted by molar-refractivity contribution is 7.85. The summed E-state index contributed by atoms with van der Waals surface area (Å²) >= 11 is 0. The minimum absolute atomic E-state index is 0.0211. The van der Waals surface area contributed by atoms with Crippen molar-refractivity contribution in [3.05, 3.63) is 0 Å². The van der Waals surface area contributed by atoms with Crippen molar-refractivity contribution >= 4 is 16.7 Å². The van der Waals surface area contributed by atoms with Crippen LogP contribution in [0.25, 0.3) is 0 Å². The third-order valence-electron chi connectivity index (χ3n) is 2.92. The molecule has 1 aliphatic rings. The molecule has 0 bridgehead atoms. The molecule has 0 heterocycles. The molecule has 4 nitrogen and oxygen atoms in total. The number of hydrogen-bond donors (Lipinski definition) is 2. The molecule has 5 heteroatoms. The van der Waals surface area contributed by atoms with Gasteiger partial charge in [0.05, 0.1) is 6.61 Å². The number of carbonyl (C=O) groups excluding carboxylic acids is 1. The predicted molar refractivity (Wildman–Crippen MR) is 64.5 cm³/mol. The minimum atomic E-state index is -1.22. The van der Waals surface area contributed by atoms with Gasteiger partial charge in [-0.25, -0.2) is 0 Å². The number of amides is 1. The molecule has 1 saturated carbocycles. The molecule has 1 fully saturated rings. The lowest BCUT2D eigenvalue weighted by Crippen LogP contribution is -2.33. The Balaban J connectivity index is 2.11.